The van der Waals surface area contributed by atoms with Crippen LogP contribution in [-0.2, 0) is 16.6 Å². The van der Waals surface area contributed by atoms with Crippen molar-refractivity contribution in [2.45, 2.75) is 32.3 Å². The van der Waals surface area contributed by atoms with Crippen LogP contribution in [0.4, 0.5) is 10.1 Å². The summed E-state index contributed by atoms with van der Waals surface area (Å²) in [5, 5.41) is 3.86. The van der Waals surface area contributed by atoms with E-state index in [1.54, 1.807) is 26.0 Å². The number of benzene rings is 2. The lowest BCUT2D eigenvalue weighted by molar-refractivity contribution is 0.301. The van der Waals surface area contributed by atoms with Gasteiger partial charge in [-0.1, -0.05) is 11.2 Å². The minimum Gasteiger partial charge on any atom is -0.489 e. The van der Waals surface area contributed by atoms with Crippen LogP contribution in [0.25, 0.3) is 0 Å². The van der Waals surface area contributed by atoms with Crippen molar-refractivity contribution in [2.24, 2.45) is 0 Å². The zero-order valence-corrected chi connectivity index (χ0v) is 15.9. The summed E-state index contributed by atoms with van der Waals surface area (Å²) in [7, 11) is -3.84. The monoisotopic (exact) mass is 390 g/mol. The Morgan fingerprint density at radius 1 is 1.11 bits per heavy atom. The average Bonchev–Trinajstić information content (AvgIpc) is 2.94. The maximum atomic E-state index is 13.4. The summed E-state index contributed by atoms with van der Waals surface area (Å²) in [5.41, 5.74) is 2.43. The second-order valence-electron chi connectivity index (χ2n) is 6.13. The lowest BCUT2D eigenvalue weighted by Crippen LogP contribution is -2.14. The van der Waals surface area contributed by atoms with E-state index < -0.39 is 15.8 Å². The quantitative estimate of drug-likeness (QED) is 0.685. The number of anilines is 1. The fourth-order valence-corrected chi connectivity index (χ4v) is 3.61. The van der Waals surface area contributed by atoms with Gasteiger partial charge in [-0.05, 0) is 62.7 Å². The molecule has 1 heterocycles. The molecule has 0 fully saturated rings. The lowest BCUT2D eigenvalue weighted by atomic mass is 10.2. The highest BCUT2D eigenvalue weighted by molar-refractivity contribution is 7.92. The molecule has 0 aliphatic carbocycles. The third-order valence-electron chi connectivity index (χ3n) is 4.14. The van der Waals surface area contributed by atoms with Crippen LogP contribution in [0.1, 0.15) is 22.6 Å². The number of sulfonamides is 1. The van der Waals surface area contributed by atoms with Gasteiger partial charge in [0.15, 0.2) is 0 Å². The molecule has 0 aliphatic rings. The number of aryl methyl sites for hydroxylation is 3. The number of hydrogen-bond acceptors (Lipinski definition) is 5. The highest BCUT2D eigenvalue weighted by Gasteiger charge is 2.16. The van der Waals surface area contributed by atoms with Crippen LogP contribution in [0.5, 0.6) is 5.75 Å². The predicted molar refractivity (Wildman–Crippen MR) is 98.7 cm³/mol. The Labute approximate surface area is 157 Å². The van der Waals surface area contributed by atoms with Crippen LogP contribution in [0.2, 0.25) is 0 Å². The smallest absolute Gasteiger partial charge is 0.261 e. The third kappa shape index (κ3) is 4.28. The van der Waals surface area contributed by atoms with Crippen molar-refractivity contribution in [2.75, 3.05) is 4.72 Å². The Balaban J connectivity index is 1.73. The Bertz CT molecular complexity index is 1040. The second-order valence-corrected chi connectivity index (χ2v) is 7.81. The van der Waals surface area contributed by atoms with Crippen molar-refractivity contribution < 1.29 is 22.1 Å². The van der Waals surface area contributed by atoms with E-state index in [0.29, 0.717) is 17.1 Å². The van der Waals surface area contributed by atoms with E-state index in [1.807, 2.05) is 6.92 Å². The molecule has 8 heteroatoms. The summed E-state index contributed by atoms with van der Waals surface area (Å²) < 4.78 is 51.6. The molecule has 3 rings (SSSR count). The Morgan fingerprint density at radius 2 is 1.81 bits per heavy atom. The van der Waals surface area contributed by atoms with Crippen molar-refractivity contribution in [3.8, 4) is 5.75 Å². The van der Waals surface area contributed by atoms with Crippen molar-refractivity contribution in [3.05, 3.63) is 70.9 Å². The molecule has 0 atom stereocenters. The number of aromatic nitrogens is 1. The highest BCUT2D eigenvalue weighted by atomic mass is 32.2. The first-order chi connectivity index (χ1) is 12.8. The van der Waals surface area contributed by atoms with E-state index in [0.717, 1.165) is 17.3 Å². The fourth-order valence-electron chi connectivity index (χ4n) is 2.49. The molecule has 1 N–H and O–H groups in total. The minimum absolute atomic E-state index is 0.0517. The van der Waals surface area contributed by atoms with Crippen LogP contribution in [0, 0.1) is 26.6 Å². The van der Waals surface area contributed by atoms with Gasteiger partial charge in [-0.3, -0.25) is 4.72 Å². The van der Waals surface area contributed by atoms with Gasteiger partial charge in [0.05, 0.1) is 21.8 Å². The maximum Gasteiger partial charge on any atom is 0.261 e. The largest absolute Gasteiger partial charge is 0.489 e. The average molecular weight is 390 g/mol. The SMILES string of the molecule is Cc1ccc(F)cc1NS(=O)(=O)c1ccc(OCc2c(C)noc2C)cc1. The number of ether oxygens (including phenoxy) is 1. The molecule has 0 aliphatic heterocycles. The molecule has 3 aromatic rings. The van der Waals surface area contributed by atoms with E-state index in [1.165, 1.54) is 24.3 Å². The first kappa shape index (κ1) is 18.9. The molecule has 0 unspecified atom stereocenters. The van der Waals surface area contributed by atoms with Crippen molar-refractivity contribution in [1.29, 1.82) is 0 Å². The molecule has 1 aromatic heterocycles. The van der Waals surface area contributed by atoms with Gasteiger partial charge in [-0.25, -0.2) is 12.8 Å². The summed E-state index contributed by atoms with van der Waals surface area (Å²) >= 11 is 0. The van der Waals surface area contributed by atoms with Gasteiger partial charge >= 0.3 is 0 Å². The molecule has 27 heavy (non-hydrogen) atoms. The topological polar surface area (TPSA) is 81.4 Å². The molecule has 0 amide bonds. The summed E-state index contributed by atoms with van der Waals surface area (Å²) in [4.78, 5) is 0.0517. The van der Waals surface area contributed by atoms with Crippen LogP contribution >= 0.6 is 0 Å². The summed E-state index contributed by atoms with van der Waals surface area (Å²) in [5.74, 6) is 0.679. The first-order valence-corrected chi connectivity index (χ1v) is 9.68. The van der Waals surface area contributed by atoms with Gasteiger partial charge in [-0.2, -0.15) is 0 Å². The molecule has 0 bridgehead atoms. The zero-order chi connectivity index (χ0) is 19.6. The summed E-state index contributed by atoms with van der Waals surface area (Å²) in [6, 6.07) is 9.92. The number of halogens is 1. The van der Waals surface area contributed by atoms with Crippen LogP contribution in [0.15, 0.2) is 51.9 Å². The molecule has 6 nitrogen and oxygen atoms in total. The standard InChI is InChI=1S/C19H19FN2O4S/c1-12-4-5-15(20)10-19(12)22-27(23,24)17-8-6-16(7-9-17)25-11-18-13(2)21-26-14(18)3/h4-10,22H,11H2,1-3H3. The van der Waals surface area contributed by atoms with Gasteiger partial charge in [0.2, 0.25) is 0 Å². The molecule has 0 spiro atoms. The Morgan fingerprint density at radius 3 is 2.44 bits per heavy atom. The zero-order valence-electron chi connectivity index (χ0n) is 15.1. The molecule has 0 saturated carbocycles. The molecule has 0 saturated heterocycles. The number of rotatable bonds is 6. The van der Waals surface area contributed by atoms with E-state index in [4.69, 9.17) is 9.26 Å². The van der Waals surface area contributed by atoms with Gasteiger partial charge < -0.3 is 9.26 Å². The van der Waals surface area contributed by atoms with Crippen LogP contribution < -0.4 is 9.46 Å². The van der Waals surface area contributed by atoms with E-state index in [9.17, 15) is 12.8 Å². The van der Waals surface area contributed by atoms with Gasteiger partial charge in [0, 0.05) is 0 Å². The molecule has 142 valence electrons. The van der Waals surface area contributed by atoms with Gasteiger partial charge in [0.1, 0.15) is 23.9 Å². The maximum absolute atomic E-state index is 13.4. The van der Waals surface area contributed by atoms with E-state index in [-0.39, 0.29) is 17.2 Å². The molecule has 0 radical (unpaired) electrons. The number of hydrogen-bond donors (Lipinski definition) is 1. The Kier molecular flexibility index (Phi) is 5.18. The van der Waals surface area contributed by atoms with E-state index >= 15 is 0 Å². The summed E-state index contributed by atoms with van der Waals surface area (Å²) in [6.45, 7) is 5.59. The molecular formula is C19H19FN2O4S. The molecular weight excluding hydrogens is 371 g/mol. The van der Waals surface area contributed by atoms with Gasteiger partial charge in [0.25, 0.3) is 10.0 Å². The van der Waals surface area contributed by atoms with Gasteiger partial charge in [-0.15, -0.1) is 0 Å². The van der Waals surface area contributed by atoms with Crippen molar-refractivity contribution in [3.63, 3.8) is 0 Å². The predicted octanol–water partition coefficient (Wildman–Crippen LogP) is 4.12. The lowest BCUT2D eigenvalue weighted by Gasteiger charge is -2.11. The molecule has 2 aromatic carbocycles. The van der Waals surface area contributed by atoms with Crippen LogP contribution in [0.3, 0.4) is 0 Å². The fraction of sp³-hybridized carbons (Fsp3) is 0.211. The number of nitrogens with zero attached hydrogens (tertiary/aromatic N) is 1. The third-order valence-corrected chi connectivity index (χ3v) is 5.52. The number of nitrogens with one attached hydrogen (secondary N) is 1. The normalized spacial score (nSPS) is 11.4. The summed E-state index contributed by atoms with van der Waals surface area (Å²) in [6.07, 6.45) is 0. The van der Waals surface area contributed by atoms with E-state index in [2.05, 4.69) is 9.88 Å². The second kappa shape index (κ2) is 7.40. The highest BCUT2D eigenvalue weighted by Crippen LogP contribution is 2.23. The minimum atomic E-state index is -3.84. The van der Waals surface area contributed by atoms with Crippen molar-refractivity contribution in [1.82, 2.24) is 5.16 Å². The van der Waals surface area contributed by atoms with Crippen LogP contribution in [-0.4, -0.2) is 13.6 Å². The Hall–Kier alpha value is -2.87. The van der Waals surface area contributed by atoms with Crippen molar-refractivity contribution >= 4 is 15.7 Å². The first-order valence-electron chi connectivity index (χ1n) is 8.20.